The van der Waals surface area contributed by atoms with Crippen molar-refractivity contribution in [2.75, 3.05) is 6.54 Å². The molecular weight excluding hydrogens is 242 g/mol. The lowest BCUT2D eigenvalue weighted by molar-refractivity contribution is 0.0469. The third-order valence-electron chi connectivity index (χ3n) is 3.12. The molecule has 102 valence electrons. The molecule has 1 aromatic heterocycles. The predicted octanol–water partition coefficient (Wildman–Crippen LogP) is 1.84. The molecule has 0 saturated heterocycles. The average Bonchev–Trinajstić information content (AvgIpc) is 2.83. The monoisotopic (exact) mass is 261 g/mol. The van der Waals surface area contributed by atoms with E-state index in [0.29, 0.717) is 12.0 Å². The van der Waals surface area contributed by atoms with Crippen LogP contribution in [0, 0.1) is 0 Å². The van der Waals surface area contributed by atoms with Gasteiger partial charge in [0.1, 0.15) is 0 Å². The molecule has 5 heteroatoms. The maximum Gasteiger partial charge on any atom is 0.251 e. The molecule has 5 nitrogen and oxygen atoms in total. The van der Waals surface area contributed by atoms with Crippen LogP contribution in [0.25, 0.3) is 10.9 Å². The summed E-state index contributed by atoms with van der Waals surface area (Å²) in [5, 5.41) is 20.4. The van der Waals surface area contributed by atoms with Crippen LogP contribution in [0.5, 0.6) is 0 Å². The largest absolute Gasteiger partial charge is 0.388 e. The molecule has 0 fully saturated rings. The highest BCUT2D eigenvalue weighted by Gasteiger charge is 2.20. The number of carbonyl (C=O) groups excluding carboxylic acids is 1. The number of nitrogens with one attached hydrogen (secondary N) is 2. The Bertz CT molecular complexity index is 575. The number of aromatic amines is 1. The summed E-state index contributed by atoms with van der Waals surface area (Å²) in [6.07, 6.45) is 3.22. The number of fused-ring (bicyclic) bond motifs is 1. The fraction of sp³-hybridized carbons (Fsp3) is 0.429. The first-order valence-corrected chi connectivity index (χ1v) is 6.45. The third kappa shape index (κ3) is 3.32. The first kappa shape index (κ1) is 13.5. The van der Waals surface area contributed by atoms with Gasteiger partial charge in [-0.05, 0) is 31.5 Å². The van der Waals surface area contributed by atoms with Crippen LogP contribution < -0.4 is 5.32 Å². The van der Waals surface area contributed by atoms with Gasteiger partial charge in [0, 0.05) is 17.5 Å². The molecule has 0 saturated carbocycles. The Morgan fingerprint density at radius 1 is 1.53 bits per heavy atom. The van der Waals surface area contributed by atoms with Crippen LogP contribution in [0.3, 0.4) is 0 Å². The van der Waals surface area contributed by atoms with E-state index in [4.69, 9.17) is 0 Å². The normalized spacial score (nSPS) is 14.3. The Morgan fingerprint density at radius 2 is 2.32 bits per heavy atom. The Labute approximate surface area is 112 Å². The van der Waals surface area contributed by atoms with E-state index >= 15 is 0 Å². The van der Waals surface area contributed by atoms with Crippen molar-refractivity contribution in [3.05, 3.63) is 30.0 Å². The Morgan fingerprint density at radius 3 is 3.05 bits per heavy atom. The lowest BCUT2D eigenvalue weighted by atomic mass is 10.0. The van der Waals surface area contributed by atoms with Gasteiger partial charge in [-0.25, -0.2) is 0 Å². The van der Waals surface area contributed by atoms with Gasteiger partial charge in [-0.2, -0.15) is 5.10 Å². The summed E-state index contributed by atoms with van der Waals surface area (Å²) in [5.41, 5.74) is 0.611. The maximum atomic E-state index is 12.0. The summed E-state index contributed by atoms with van der Waals surface area (Å²) in [6, 6.07) is 5.34. The van der Waals surface area contributed by atoms with Crippen molar-refractivity contribution >= 4 is 16.8 Å². The molecule has 0 aliphatic carbocycles. The molecule has 2 rings (SSSR count). The molecule has 1 unspecified atom stereocenters. The molecule has 19 heavy (non-hydrogen) atoms. The van der Waals surface area contributed by atoms with Crippen LogP contribution in [-0.4, -0.2) is 33.4 Å². The number of aromatic nitrogens is 2. The lowest BCUT2D eigenvalue weighted by Crippen LogP contribution is -2.40. The van der Waals surface area contributed by atoms with Gasteiger partial charge in [-0.1, -0.05) is 13.3 Å². The summed E-state index contributed by atoms with van der Waals surface area (Å²) >= 11 is 0. The SMILES string of the molecule is CCCC(C)(O)CNC(=O)c1ccc2[nH]ncc2c1. The van der Waals surface area contributed by atoms with Gasteiger partial charge in [0.05, 0.1) is 17.3 Å². The van der Waals surface area contributed by atoms with Gasteiger partial charge in [0.25, 0.3) is 5.91 Å². The number of H-pyrrole nitrogens is 1. The van der Waals surface area contributed by atoms with E-state index in [1.165, 1.54) is 0 Å². The number of rotatable bonds is 5. The predicted molar refractivity (Wildman–Crippen MR) is 74.0 cm³/mol. The highest BCUT2D eigenvalue weighted by Crippen LogP contribution is 2.14. The molecule has 1 atom stereocenters. The highest BCUT2D eigenvalue weighted by atomic mass is 16.3. The van der Waals surface area contributed by atoms with E-state index in [1.807, 2.05) is 13.0 Å². The van der Waals surface area contributed by atoms with E-state index < -0.39 is 5.60 Å². The molecule has 0 aliphatic heterocycles. The van der Waals surface area contributed by atoms with Gasteiger partial charge >= 0.3 is 0 Å². The third-order valence-corrected chi connectivity index (χ3v) is 3.12. The van der Waals surface area contributed by atoms with E-state index in [9.17, 15) is 9.90 Å². The van der Waals surface area contributed by atoms with Crippen LogP contribution >= 0.6 is 0 Å². The van der Waals surface area contributed by atoms with Gasteiger partial charge < -0.3 is 10.4 Å². The highest BCUT2D eigenvalue weighted by molar-refractivity contribution is 5.97. The van der Waals surface area contributed by atoms with Crippen molar-refractivity contribution in [2.24, 2.45) is 0 Å². The zero-order valence-corrected chi connectivity index (χ0v) is 11.2. The van der Waals surface area contributed by atoms with E-state index in [0.717, 1.165) is 17.3 Å². The molecule has 3 N–H and O–H groups in total. The van der Waals surface area contributed by atoms with E-state index in [2.05, 4.69) is 15.5 Å². The number of carbonyl (C=O) groups is 1. The van der Waals surface area contributed by atoms with Crippen molar-refractivity contribution in [1.29, 1.82) is 0 Å². The first-order chi connectivity index (χ1) is 9.02. The van der Waals surface area contributed by atoms with Gasteiger partial charge in [0.15, 0.2) is 0 Å². The average molecular weight is 261 g/mol. The van der Waals surface area contributed by atoms with Crippen LogP contribution in [0.2, 0.25) is 0 Å². The van der Waals surface area contributed by atoms with Crippen LogP contribution in [0.4, 0.5) is 0 Å². The Hall–Kier alpha value is -1.88. The standard InChI is InChI=1S/C14H19N3O2/c1-3-6-14(2,19)9-15-13(18)10-4-5-12-11(7-10)8-16-17-12/h4-5,7-8,19H,3,6,9H2,1-2H3,(H,15,18)(H,16,17). The molecule has 1 aromatic carbocycles. The number of hydrogen-bond acceptors (Lipinski definition) is 3. The van der Waals surface area contributed by atoms with Crippen molar-refractivity contribution in [3.63, 3.8) is 0 Å². The zero-order chi connectivity index (χ0) is 13.9. The van der Waals surface area contributed by atoms with E-state index in [-0.39, 0.29) is 12.5 Å². The molecule has 0 aliphatic rings. The summed E-state index contributed by atoms with van der Waals surface area (Å²) in [6.45, 7) is 3.99. The summed E-state index contributed by atoms with van der Waals surface area (Å²) in [4.78, 5) is 12.0. The molecular formula is C14H19N3O2. The summed E-state index contributed by atoms with van der Waals surface area (Å²) in [7, 11) is 0. The van der Waals surface area contributed by atoms with Gasteiger partial charge in [0.2, 0.25) is 0 Å². The van der Waals surface area contributed by atoms with Gasteiger partial charge in [-0.3, -0.25) is 9.89 Å². The van der Waals surface area contributed by atoms with Crippen molar-refractivity contribution < 1.29 is 9.90 Å². The van der Waals surface area contributed by atoms with Crippen LogP contribution in [0.1, 0.15) is 37.0 Å². The number of nitrogens with zero attached hydrogens (tertiary/aromatic N) is 1. The van der Waals surface area contributed by atoms with Gasteiger partial charge in [-0.15, -0.1) is 0 Å². The number of amides is 1. The Kier molecular flexibility index (Phi) is 3.85. The molecule has 0 bridgehead atoms. The zero-order valence-electron chi connectivity index (χ0n) is 11.2. The minimum atomic E-state index is -0.857. The van der Waals surface area contributed by atoms with Crippen LogP contribution in [0.15, 0.2) is 24.4 Å². The fourth-order valence-corrected chi connectivity index (χ4v) is 2.08. The van der Waals surface area contributed by atoms with Crippen molar-refractivity contribution in [2.45, 2.75) is 32.3 Å². The fourth-order valence-electron chi connectivity index (χ4n) is 2.08. The molecule has 1 heterocycles. The topological polar surface area (TPSA) is 78.0 Å². The second-order valence-electron chi connectivity index (χ2n) is 5.10. The minimum absolute atomic E-state index is 0.181. The molecule has 1 amide bonds. The lowest BCUT2D eigenvalue weighted by Gasteiger charge is -2.22. The molecule has 0 radical (unpaired) electrons. The second kappa shape index (κ2) is 5.40. The van der Waals surface area contributed by atoms with Crippen molar-refractivity contribution in [1.82, 2.24) is 15.5 Å². The smallest absolute Gasteiger partial charge is 0.251 e. The maximum absolute atomic E-state index is 12.0. The number of aliphatic hydroxyl groups is 1. The first-order valence-electron chi connectivity index (χ1n) is 6.45. The second-order valence-corrected chi connectivity index (χ2v) is 5.10. The minimum Gasteiger partial charge on any atom is -0.388 e. The Balaban J connectivity index is 2.03. The number of benzene rings is 1. The van der Waals surface area contributed by atoms with Crippen molar-refractivity contribution in [3.8, 4) is 0 Å². The molecule has 0 spiro atoms. The molecule has 2 aromatic rings. The summed E-state index contributed by atoms with van der Waals surface area (Å²) in [5.74, 6) is -0.181. The summed E-state index contributed by atoms with van der Waals surface area (Å²) < 4.78 is 0. The van der Waals surface area contributed by atoms with E-state index in [1.54, 1.807) is 25.3 Å². The number of hydrogen-bond donors (Lipinski definition) is 3. The van der Waals surface area contributed by atoms with Crippen LogP contribution in [-0.2, 0) is 0 Å². The quantitative estimate of drug-likeness (QED) is 0.768.